The second-order valence-electron chi connectivity index (χ2n) is 7.80. The molecule has 3 nitrogen and oxygen atoms in total. The van der Waals surface area contributed by atoms with Gasteiger partial charge in [0.05, 0.1) is 12.4 Å². The highest BCUT2D eigenvalue weighted by Gasteiger charge is 2.26. The fraction of sp³-hybridized carbons (Fsp3) is 0.115. The predicted molar refractivity (Wildman–Crippen MR) is 119 cm³/mol. The summed E-state index contributed by atoms with van der Waals surface area (Å²) in [5, 5.41) is 4.69. The highest BCUT2D eigenvalue weighted by molar-refractivity contribution is 6.21. The molecule has 0 bridgehead atoms. The van der Waals surface area contributed by atoms with E-state index in [0.29, 0.717) is 0 Å². The second-order valence-corrected chi connectivity index (χ2v) is 7.80. The van der Waals surface area contributed by atoms with E-state index in [-0.39, 0.29) is 0 Å². The van der Waals surface area contributed by atoms with Gasteiger partial charge >= 0.3 is 0 Å². The number of aromatic nitrogens is 2. The van der Waals surface area contributed by atoms with E-state index in [2.05, 4.69) is 90.7 Å². The molecule has 140 valence electrons. The Morgan fingerprint density at radius 2 is 1.55 bits per heavy atom. The van der Waals surface area contributed by atoms with Crippen LogP contribution in [-0.2, 0) is 7.05 Å². The smallest absolute Gasteiger partial charge is 0.259 e. The average molecular weight is 377 g/mol. The number of para-hydroxylation sites is 2. The van der Waals surface area contributed by atoms with Gasteiger partial charge in [-0.25, -0.2) is 4.57 Å². The zero-order valence-electron chi connectivity index (χ0n) is 16.7. The Balaban J connectivity index is 1.91. The fourth-order valence-corrected chi connectivity index (χ4v) is 4.66. The molecule has 0 unspecified atom stereocenters. The summed E-state index contributed by atoms with van der Waals surface area (Å²) in [7, 11) is 2.14. The van der Waals surface area contributed by atoms with E-state index in [1.54, 1.807) is 0 Å². The van der Waals surface area contributed by atoms with Crippen molar-refractivity contribution < 1.29 is 8.98 Å². The van der Waals surface area contributed by atoms with Crippen LogP contribution in [0.2, 0.25) is 0 Å². The van der Waals surface area contributed by atoms with Crippen molar-refractivity contribution >= 4 is 43.7 Å². The highest BCUT2D eigenvalue weighted by atomic mass is 16.3. The predicted octanol–water partition coefficient (Wildman–Crippen LogP) is 6.12. The van der Waals surface area contributed by atoms with E-state index in [0.717, 1.165) is 16.6 Å². The van der Waals surface area contributed by atoms with Crippen LogP contribution in [0.3, 0.4) is 0 Å². The molecule has 0 aliphatic carbocycles. The first-order valence-electron chi connectivity index (χ1n) is 9.95. The van der Waals surface area contributed by atoms with Gasteiger partial charge in [0.1, 0.15) is 16.9 Å². The third-order valence-corrected chi connectivity index (χ3v) is 6.23. The number of hydrogen-bond acceptors (Lipinski definition) is 1. The lowest BCUT2D eigenvalue weighted by Crippen LogP contribution is -2.30. The van der Waals surface area contributed by atoms with Crippen LogP contribution in [0.5, 0.6) is 0 Å². The molecule has 0 N–H and O–H groups in total. The molecule has 6 aromatic rings. The van der Waals surface area contributed by atoms with Gasteiger partial charge in [0.25, 0.3) is 5.82 Å². The SMILES string of the molecule is Cc1ccccc1-n1c(C)[n+](C)c2ccc3ccc4c5ccccc5oc4c3c21. The third-order valence-electron chi connectivity index (χ3n) is 6.23. The molecule has 0 aliphatic heterocycles. The summed E-state index contributed by atoms with van der Waals surface area (Å²) in [6, 6.07) is 25.7. The van der Waals surface area contributed by atoms with E-state index in [4.69, 9.17) is 4.42 Å². The molecular formula is C26H21N2O+. The third kappa shape index (κ3) is 2.10. The molecule has 29 heavy (non-hydrogen) atoms. The zero-order valence-corrected chi connectivity index (χ0v) is 16.7. The maximum Gasteiger partial charge on any atom is 0.259 e. The van der Waals surface area contributed by atoms with E-state index in [1.165, 1.54) is 44.3 Å². The van der Waals surface area contributed by atoms with Gasteiger partial charge in [-0.15, -0.1) is 0 Å². The van der Waals surface area contributed by atoms with Gasteiger partial charge in [0, 0.05) is 17.7 Å². The van der Waals surface area contributed by atoms with Crippen LogP contribution in [0.15, 0.2) is 77.2 Å². The molecule has 3 heteroatoms. The summed E-state index contributed by atoms with van der Waals surface area (Å²) in [4.78, 5) is 0. The van der Waals surface area contributed by atoms with Crippen molar-refractivity contribution in [3.8, 4) is 5.69 Å². The van der Waals surface area contributed by atoms with Crippen LogP contribution in [0, 0.1) is 13.8 Å². The van der Waals surface area contributed by atoms with Gasteiger partial charge in [-0.3, -0.25) is 0 Å². The zero-order chi connectivity index (χ0) is 19.7. The number of nitrogens with zero attached hydrogens (tertiary/aromatic N) is 2. The second kappa shape index (κ2) is 5.71. The summed E-state index contributed by atoms with van der Waals surface area (Å²) >= 11 is 0. The van der Waals surface area contributed by atoms with E-state index in [1.807, 2.05) is 12.1 Å². The first-order valence-corrected chi connectivity index (χ1v) is 9.95. The van der Waals surface area contributed by atoms with Gasteiger partial charge in [0.2, 0.25) is 0 Å². The van der Waals surface area contributed by atoms with Crippen molar-refractivity contribution in [3.05, 3.63) is 84.2 Å². The Hall–Kier alpha value is -3.59. The lowest BCUT2D eigenvalue weighted by atomic mass is 10.0. The largest absolute Gasteiger partial charge is 0.455 e. The molecule has 0 radical (unpaired) electrons. The van der Waals surface area contributed by atoms with Crippen LogP contribution in [0.1, 0.15) is 11.4 Å². The Kier molecular flexibility index (Phi) is 3.22. The summed E-state index contributed by atoms with van der Waals surface area (Å²) in [5.41, 5.74) is 6.75. The van der Waals surface area contributed by atoms with Crippen molar-refractivity contribution in [2.45, 2.75) is 13.8 Å². The van der Waals surface area contributed by atoms with Gasteiger partial charge in [-0.05, 0) is 48.2 Å². The Labute approximate surface area is 168 Å². The number of fused-ring (bicyclic) bond motifs is 7. The number of benzene rings is 4. The monoisotopic (exact) mass is 377 g/mol. The van der Waals surface area contributed by atoms with Gasteiger partial charge < -0.3 is 4.42 Å². The molecule has 2 heterocycles. The topological polar surface area (TPSA) is 21.9 Å². The molecule has 0 amide bonds. The lowest BCUT2D eigenvalue weighted by molar-refractivity contribution is -0.652. The first-order chi connectivity index (χ1) is 14.1. The van der Waals surface area contributed by atoms with Crippen LogP contribution in [-0.4, -0.2) is 4.57 Å². The van der Waals surface area contributed by atoms with Crippen molar-refractivity contribution in [2.24, 2.45) is 7.05 Å². The van der Waals surface area contributed by atoms with Crippen molar-refractivity contribution in [1.29, 1.82) is 0 Å². The fourth-order valence-electron chi connectivity index (χ4n) is 4.66. The van der Waals surface area contributed by atoms with E-state index < -0.39 is 0 Å². The molecule has 0 aliphatic rings. The molecule has 0 saturated carbocycles. The molecule has 2 aromatic heterocycles. The summed E-state index contributed by atoms with van der Waals surface area (Å²) in [6.45, 7) is 4.35. The maximum absolute atomic E-state index is 6.42. The minimum atomic E-state index is 0.932. The Morgan fingerprint density at radius 3 is 2.41 bits per heavy atom. The quantitative estimate of drug-likeness (QED) is 0.316. The number of aryl methyl sites for hydroxylation is 2. The van der Waals surface area contributed by atoms with E-state index in [9.17, 15) is 0 Å². The normalized spacial score (nSPS) is 12.0. The Bertz CT molecular complexity index is 1580. The highest BCUT2D eigenvalue weighted by Crippen LogP contribution is 2.38. The molecule has 0 spiro atoms. The van der Waals surface area contributed by atoms with Gasteiger partial charge in [-0.2, -0.15) is 4.57 Å². The molecule has 0 saturated heterocycles. The van der Waals surface area contributed by atoms with Crippen LogP contribution in [0.25, 0.3) is 49.4 Å². The first kappa shape index (κ1) is 16.4. The summed E-state index contributed by atoms with van der Waals surface area (Å²) in [5.74, 6) is 1.19. The van der Waals surface area contributed by atoms with Gasteiger partial charge in [0.15, 0.2) is 11.0 Å². The summed E-state index contributed by atoms with van der Waals surface area (Å²) in [6.07, 6.45) is 0. The Morgan fingerprint density at radius 1 is 0.793 bits per heavy atom. The minimum absolute atomic E-state index is 0.932. The number of imidazole rings is 1. The molecule has 0 atom stereocenters. The van der Waals surface area contributed by atoms with Crippen LogP contribution >= 0.6 is 0 Å². The lowest BCUT2D eigenvalue weighted by Gasteiger charge is -2.05. The van der Waals surface area contributed by atoms with Crippen LogP contribution in [0.4, 0.5) is 0 Å². The number of rotatable bonds is 1. The molecular weight excluding hydrogens is 356 g/mol. The van der Waals surface area contributed by atoms with Crippen molar-refractivity contribution in [1.82, 2.24) is 4.57 Å². The molecule has 0 fully saturated rings. The van der Waals surface area contributed by atoms with E-state index >= 15 is 0 Å². The molecule has 6 rings (SSSR count). The van der Waals surface area contributed by atoms with Crippen LogP contribution < -0.4 is 4.57 Å². The maximum atomic E-state index is 6.42. The van der Waals surface area contributed by atoms with Crippen molar-refractivity contribution in [2.75, 3.05) is 0 Å². The molecule has 4 aromatic carbocycles. The van der Waals surface area contributed by atoms with Crippen molar-refractivity contribution in [3.63, 3.8) is 0 Å². The average Bonchev–Trinajstić information content (AvgIpc) is 3.24. The standard InChI is InChI=1S/C26H21N2O/c1-16-8-4-6-10-21(16)28-17(2)27(3)22-15-13-18-12-14-20-19-9-5-7-11-23(19)29-26(20)24(18)25(22)28/h4-15H,1-3H3/q+1. The summed E-state index contributed by atoms with van der Waals surface area (Å²) < 4.78 is 11.1. The number of hydrogen-bond donors (Lipinski definition) is 0. The minimum Gasteiger partial charge on any atom is -0.455 e. The van der Waals surface area contributed by atoms with Gasteiger partial charge in [-0.1, -0.05) is 42.5 Å². The number of furan rings is 1.